The minimum atomic E-state index is -0.0249. The molecule has 1 fully saturated rings. The Morgan fingerprint density at radius 3 is 2.96 bits per heavy atom. The summed E-state index contributed by atoms with van der Waals surface area (Å²) in [6.07, 6.45) is 3.14. The number of benzene rings is 1. The lowest BCUT2D eigenvalue weighted by Gasteiger charge is -2.10. The van der Waals surface area contributed by atoms with E-state index >= 15 is 0 Å². The molecule has 1 saturated heterocycles. The van der Waals surface area contributed by atoms with Crippen molar-refractivity contribution in [1.29, 1.82) is 5.26 Å². The number of carbonyl (C=O) groups is 1. The van der Waals surface area contributed by atoms with Gasteiger partial charge in [0.15, 0.2) is 6.19 Å². The van der Waals surface area contributed by atoms with Gasteiger partial charge in [-0.3, -0.25) is 9.89 Å². The molecule has 0 saturated carbocycles. The van der Waals surface area contributed by atoms with Gasteiger partial charge in [-0.15, -0.1) is 0 Å². The van der Waals surface area contributed by atoms with Gasteiger partial charge in [-0.25, -0.2) is 0 Å². The lowest BCUT2D eigenvalue weighted by atomic mass is 10.0. The topological polar surface area (TPSA) is 76.0 Å². The van der Waals surface area contributed by atoms with E-state index in [0.29, 0.717) is 11.5 Å². The number of amides is 1. The Hall–Kier alpha value is -2.81. The minimum Gasteiger partial charge on any atom is -0.345 e. The highest BCUT2D eigenvalue weighted by Crippen LogP contribution is 2.28. The molecule has 1 unspecified atom stereocenters. The summed E-state index contributed by atoms with van der Waals surface area (Å²) in [5.41, 5.74) is 3.43. The second-order valence-corrected chi connectivity index (χ2v) is 6.02. The van der Waals surface area contributed by atoms with Crippen molar-refractivity contribution in [3.63, 3.8) is 0 Å². The van der Waals surface area contributed by atoms with Crippen LogP contribution in [0.15, 0.2) is 30.3 Å². The van der Waals surface area contributed by atoms with Crippen LogP contribution in [0, 0.1) is 11.5 Å². The van der Waals surface area contributed by atoms with E-state index in [1.54, 1.807) is 30.0 Å². The van der Waals surface area contributed by atoms with E-state index in [0.717, 1.165) is 36.5 Å². The standard InChI is InChI=1S/C17H19N5O/c1-21(2)17(23)13-5-3-4-12(8-13)15-9-16(20-19-15)14-6-7-22(10-14)11-18/h3-5,8-9,14H,6-7,10H2,1-2H3,(H,19,20). The zero-order valence-electron chi connectivity index (χ0n) is 13.3. The maximum absolute atomic E-state index is 12.1. The fourth-order valence-corrected chi connectivity index (χ4v) is 2.87. The number of nitriles is 1. The van der Waals surface area contributed by atoms with Crippen molar-refractivity contribution >= 4 is 5.91 Å². The monoisotopic (exact) mass is 309 g/mol. The number of nitrogens with one attached hydrogen (secondary N) is 1. The summed E-state index contributed by atoms with van der Waals surface area (Å²) in [5, 5.41) is 16.4. The molecule has 118 valence electrons. The Morgan fingerprint density at radius 2 is 2.26 bits per heavy atom. The molecule has 1 aliphatic heterocycles. The van der Waals surface area contributed by atoms with Gasteiger partial charge in [-0.2, -0.15) is 10.4 Å². The average molecular weight is 309 g/mol. The average Bonchev–Trinajstić information content (AvgIpc) is 3.22. The number of nitrogens with zero attached hydrogens (tertiary/aromatic N) is 4. The number of aromatic nitrogens is 2. The van der Waals surface area contributed by atoms with Crippen molar-refractivity contribution in [2.75, 3.05) is 27.2 Å². The molecule has 2 heterocycles. The maximum Gasteiger partial charge on any atom is 0.253 e. The summed E-state index contributed by atoms with van der Waals surface area (Å²) in [7, 11) is 3.48. The van der Waals surface area contributed by atoms with E-state index in [-0.39, 0.29) is 5.91 Å². The van der Waals surface area contributed by atoms with Crippen LogP contribution in [-0.2, 0) is 0 Å². The van der Waals surface area contributed by atoms with Crippen LogP contribution in [0.25, 0.3) is 11.3 Å². The Balaban J connectivity index is 1.82. The summed E-state index contributed by atoms with van der Waals surface area (Å²) in [6.45, 7) is 1.53. The van der Waals surface area contributed by atoms with Crippen molar-refractivity contribution in [2.45, 2.75) is 12.3 Å². The number of hydrogen-bond donors (Lipinski definition) is 1. The van der Waals surface area contributed by atoms with Gasteiger partial charge in [0.1, 0.15) is 0 Å². The van der Waals surface area contributed by atoms with Crippen LogP contribution in [-0.4, -0.2) is 53.1 Å². The lowest BCUT2D eigenvalue weighted by Crippen LogP contribution is -2.21. The van der Waals surface area contributed by atoms with Crippen molar-refractivity contribution in [2.24, 2.45) is 0 Å². The van der Waals surface area contributed by atoms with Crippen molar-refractivity contribution in [3.8, 4) is 17.5 Å². The summed E-state index contributed by atoms with van der Waals surface area (Å²) in [5.74, 6) is 0.283. The highest BCUT2D eigenvalue weighted by atomic mass is 16.2. The summed E-state index contributed by atoms with van der Waals surface area (Å²) >= 11 is 0. The summed E-state index contributed by atoms with van der Waals surface area (Å²) in [4.78, 5) is 15.4. The molecule has 6 nitrogen and oxygen atoms in total. The van der Waals surface area contributed by atoms with Crippen LogP contribution < -0.4 is 0 Å². The smallest absolute Gasteiger partial charge is 0.253 e. The first-order valence-corrected chi connectivity index (χ1v) is 7.60. The molecule has 1 aromatic carbocycles. The zero-order valence-corrected chi connectivity index (χ0v) is 13.3. The van der Waals surface area contributed by atoms with Gasteiger partial charge in [0.25, 0.3) is 5.91 Å². The zero-order chi connectivity index (χ0) is 16.4. The van der Waals surface area contributed by atoms with Gasteiger partial charge in [-0.1, -0.05) is 12.1 Å². The predicted molar refractivity (Wildman–Crippen MR) is 86.6 cm³/mol. The number of likely N-dealkylation sites (tertiary alicyclic amines) is 1. The molecule has 0 spiro atoms. The van der Waals surface area contributed by atoms with Gasteiger partial charge in [-0.05, 0) is 24.6 Å². The van der Waals surface area contributed by atoms with Gasteiger partial charge in [0.2, 0.25) is 0 Å². The number of hydrogen-bond acceptors (Lipinski definition) is 4. The Bertz CT molecular complexity index is 758. The molecule has 6 heteroatoms. The molecule has 1 N–H and O–H groups in total. The number of rotatable bonds is 3. The SMILES string of the molecule is CN(C)C(=O)c1cccc(-c2cc(C3CCN(C#N)C3)[nH]n2)c1. The van der Waals surface area contributed by atoms with Crippen molar-refractivity contribution in [1.82, 2.24) is 20.0 Å². The van der Waals surface area contributed by atoms with Crippen molar-refractivity contribution < 1.29 is 4.79 Å². The fourth-order valence-electron chi connectivity index (χ4n) is 2.87. The predicted octanol–water partition coefficient (Wildman–Crippen LogP) is 2.05. The minimum absolute atomic E-state index is 0.0249. The van der Waals surface area contributed by atoms with Gasteiger partial charge in [0.05, 0.1) is 5.69 Å². The molecule has 0 bridgehead atoms. The maximum atomic E-state index is 12.1. The molecule has 1 aliphatic rings. The summed E-state index contributed by atoms with van der Waals surface area (Å²) in [6, 6.07) is 9.50. The first kappa shape index (κ1) is 15.1. The van der Waals surface area contributed by atoms with Crippen LogP contribution in [0.4, 0.5) is 0 Å². The van der Waals surface area contributed by atoms with Crippen LogP contribution in [0.3, 0.4) is 0 Å². The third-order valence-electron chi connectivity index (χ3n) is 4.18. The largest absolute Gasteiger partial charge is 0.345 e. The molecule has 3 rings (SSSR count). The molecule has 0 aliphatic carbocycles. The molecular weight excluding hydrogens is 290 g/mol. The molecule has 2 aromatic rings. The van der Waals surface area contributed by atoms with Gasteiger partial charge >= 0.3 is 0 Å². The van der Waals surface area contributed by atoms with Crippen LogP contribution in [0.2, 0.25) is 0 Å². The Morgan fingerprint density at radius 1 is 1.43 bits per heavy atom. The second kappa shape index (κ2) is 6.13. The second-order valence-electron chi connectivity index (χ2n) is 6.02. The van der Waals surface area contributed by atoms with Gasteiger partial charge < -0.3 is 9.80 Å². The summed E-state index contributed by atoms with van der Waals surface area (Å²) < 4.78 is 0. The van der Waals surface area contributed by atoms with Crippen LogP contribution >= 0.6 is 0 Å². The van der Waals surface area contributed by atoms with Gasteiger partial charge in [0, 0.05) is 49.9 Å². The third kappa shape index (κ3) is 3.04. The Labute approximate surface area is 135 Å². The van der Waals surface area contributed by atoms with E-state index < -0.39 is 0 Å². The quantitative estimate of drug-likeness (QED) is 0.880. The molecule has 0 radical (unpaired) electrons. The number of aromatic amines is 1. The van der Waals surface area contributed by atoms with Crippen LogP contribution in [0.5, 0.6) is 0 Å². The lowest BCUT2D eigenvalue weighted by molar-refractivity contribution is 0.0827. The highest BCUT2D eigenvalue weighted by Gasteiger charge is 2.24. The molecule has 1 amide bonds. The molecule has 1 aromatic heterocycles. The highest BCUT2D eigenvalue weighted by molar-refractivity contribution is 5.95. The van der Waals surface area contributed by atoms with E-state index in [2.05, 4.69) is 16.4 Å². The van der Waals surface area contributed by atoms with Crippen molar-refractivity contribution in [3.05, 3.63) is 41.6 Å². The molecule has 23 heavy (non-hydrogen) atoms. The molecule has 1 atom stereocenters. The van der Waals surface area contributed by atoms with E-state index in [9.17, 15) is 4.79 Å². The Kier molecular flexibility index (Phi) is 4.02. The number of H-pyrrole nitrogens is 1. The number of carbonyl (C=O) groups excluding carboxylic acids is 1. The van der Waals surface area contributed by atoms with E-state index in [1.807, 2.05) is 24.3 Å². The van der Waals surface area contributed by atoms with E-state index in [1.165, 1.54) is 0 Å². The first-order chi connectivity index (χ1) is 11.1. The fraction of sp³-hybridized carbons (Fsp3) is 0.353. The van der Waals surface area contributed by atoms with E-state index in [4.69, 9.17) is 5.26 Å². The normalized spacial score (nSPS) is 17.1. The third-order valence-corrected chi connectivity index (χ3v) is 4.18. The molecular formula is C17H19N5O. The first-order valence-electron chi connectivity index (χ1n) is 7.60. The van der Waals surface area contributed by atoms with Crippen LogP contribution in [0.1, 0.15) is 28.4 Å².